The van der Waals surface area contributed by atoms with E-state index in [-0.39, 0.29) is 26.4 Å². The van der Waals surface area contributed by atoms with Gasteiger partial charge in [-0.05, 0) is 12.1 Å². The van der Waals surface area contributed by atoms with Crippen LogP contribution in [0.5, 0.6) is 0 Å². The van der Waals surface area contributed by atoms with Crippen molar-refractivity contribution >= 4 is 23.2 Å². The van der Waals surface area contributed by atoms with Crippen molar-refractivity contribution in [3.8, 4) is 0 Å². The van der Waals surface area contributed by atoms with Crippen LogP contribution in [-0.4, -0.2) is 11.0 Å². The molecule has 2 nitrogen and oxygen atoms in total. The van der Waals surface area contributed by atoms with E-state index < -0.39 is 5.66 Å². The van der Waals surface area contributed by atoms with E-state index in [0.29, 0.717) is 5.38 Å². The first-order valence-electron chi connectivity index (χ1n) is 3.29. The van der Waals surface area contributed by atoms with Gasteiger partial charge in [0.15, 0.2) is 0 Å². The van der Waals surface area contributed by atoms with Crippen molar-refractivity contribution in [1.29, 1.82) is 0 Å². The van der Waals surface area contributed by atoms with E-state index in [1.165, 1.54) is 0 Å². The molecule has 1 atom stereocenters. The molecule has 5 heteroatoms. The summed E-state index contributed by atoms with van der Waals surface area (Å²) < 4.78 is 0. The second-order valence-electron chi connectivity index (χ2n) is 2.75. The minimum Gasteiger partial charge on any atom is -0.341 e. The Kier molecular flexibility index (Phi) is 4.91. The Morgan fingerprint density at radius 2 is 2.00 bits per heavy atom. The fraction of sp³-hybridized carbons (Fsp3) is 0.833. The van der Waals surface area contributed by atoms with Gasteiger partial charge in [0.25, 0.3) is 0 Å². The number of alkyl halides is 1. The first-order chi connectivity index (χ1) is 4.54. The molecule has 1 unspecified atom stereocenters. The number of hydrogen-bond acceptors (Lipinski definition) is 2. The smallest absolute Gasteiger partial charge is 0 e. The summed E-state index contributed by atoms with van der Waals surface area (Å²) in [6, 6.07) is 0. The maximum absolute atomic E-state index is 5.82. The van der Waals surface area contributed by atoms with Crippen LogP contribution in [0.15, 0.2) is 0 Å². The maximum atomic E-state index is 5.82. The predicted octanol–water partition coefficient (Wildman–Crippen LogP) is 1.16. The molecule has 11 heavy (non-hydrogen) atoms. The van der Waals surface area contributed by atoms with Crippen molar-refractivity contribution in [1.82, 2.24) is 0 Å². The SMILES string of the molecule is NC1(N)CCCC(Cl)[C-]1Cl.[Pt]. The molecule has 0 aromatic rings. The summed E-state index contributed by atoms with van der Waals surface area (Å²) in [5.74, 6) is 0. The third-order valence-electron chi connectivity index (χ3n) is 1.77. The van der Waals surface area contributed by atoms with Crippen molar-refractivity contribution in [3.05, 3.63) is 5.38 Å². The number of rotatable bonds is 0. The Morgan fingerprint density at radius 3 is 2.36 bits per heavy atom. The molecule has 1 aliphatic rings. The Hall–Kier alpha value is 1.19. The van der Waals surface area contributed by atoms with Crippen LogP contribution in [0.25, 0.3) is 0 Å². The Labute approximate surface area is 91.2 Å². The summed E-state index contributed by atoms with van der Waals surface area (Å²) >= 11 is 11.6. The van der Waals surface area contributed by atoms with Crippen molar-refractivity contribution in [2.24, 2.45) is 11.5 Å². The van der Waals surface area contributed by atoms with Crippen LogP contribution in [-0.2, 0) is 21.1 Å². The molecule has 0 radical (unpaired) electrons. The van der Waals surface area contributed by atoms with Crippen LogP contribution in [0.1, 0.15) is 19.3 Å². The van der Waals surface area contributed by atoms with E-state index in [1.807, 2.05) is 0 Å². The largest absolute Gasteiger partial charge is 0.341 e. The Bertz CT molecular complexity index is 132. The molecule has 0 aromatic heterocycles. The van der Waals surface area contributed by atoms with Crippen LogP contribution in [0, 0.1) is 5.38 Å². The molecule has 70 valence electrons. The van der Waals surface area contributed by atoms with Gasteiger partial charge < -0.3 is 23.1 Å². The summed E-state index contributed by atoms with van der Waals surface area (Å²) in [6.07, 6.45) is 2.57. The summed E-state index contributed by atoms with van der Waals surface area (Å²) in [6.45, 7) is 0. The fourth-order valence-corrected chi connectivity index (χ4v) is 1.67. The van der Waals surface area contributed by atoms with Crippen LogP contribution in [0.3, 0.4) is 0 Å². The molecule has 1 fully saturated rings. The Morgan fingerprint density at radius 1 is 1.45 bits per heavy atom. The van der Waals surface area contributed by atoms with Gasteiger partial charge in [-0.2, -0.15) is 17.0 Å². The van der Waals surface area contributed by atoms with Gasteiger partial charge in [0.1, 0.15) is 0 Å². The Balaban J connectivity index is 0.000001000. The van der Waals surface area contributed by atoms with Gasteiger partial charge in [0.05, 0.1) is 0 Å². The molecular weight excluding hydrogens is 366 g/mol. The number of hydrogen-bond donors (Lipinski definition) is 2. The topological polar surface area (TPSA) is 52.0 Å². The van der Waals surface area contributed by atoms with Crippen LogP contribution in [0.4, 0.5) is 0 Å². The second-order valence-corrected chi connectivity index (χ2v) is 3.68. The number of halogens is 2. The first-order valence-corrected chi connectivity index (χ1v) is 4.10. The van der Waals surface area contributed by atoms with Crippen molar-refractivity contribution in [2.45, 2.75) is 30.3 Å². The van der Waals surface area contributed by atoms with E-state index in [2.05, 4.69) is 0 Å². The van der Waals surface area contributed by atoms with Gasteiger partial charge in [0.2, 0.25) is 0 Å². The standard InChI is InChI=1S/C6H11Cl2N2.Pt/c7-4-2-1-3-6(9,10)5(4)8;/h4H,1-3,9-10H2;/q-1;. The summed E-state index contributed by atoms with van der Waals surface area (Å²) in [7, 11) is 0. The number of nitrogens with two attached hydrogens (primary N) is 2. The summed E-state index contributed by atoms with van der Waals surface area (Å²) in [5.41, 5.74) is 10.4. The second kappa shape index (κ2) is 4.43. The quantitative estimate of drug-likeness (QED) is 0.378. The van der Waals surface area contributed by atoms with Crippen molar-refractivity contribution in [2.75, 3.05) is 0 Å². The van der Waals surface area contributed by atoms with Gasteiger partial charge in [-0.3, -0.25) is 0 Å². The third-order valence-corrected chi connectivity index (χ3v) is 2.93. The monoisotopic (exact) mass is 376 g/mol. The molecule has 0 aliphatic heterocycles. The molecular formula is C6H11Cl2N2Pt-. The molecule has 1 aliphatic carbocycles. The summed E-state index contributed by atoms with van der Waals surface area (Å²) in [4.78, 5) is 0. The average molecular weight is 377 g/mol. The predicted molar refractivity (Wildman–Crippen MR) is 43.7 cm³/mol. The van der Waals surface area contributed by atoms with Gasteiger partial charge in [-0.15, -0.1) is 0 Å². The third kappa shape index (κ3) is 2.86. The minimum atomic E-state index is -0.841. The van der Waals surface area contributed by atoms with E-state index in [1.54, 1.807) is 0 Å². The van der Waals surface area contributed by atoms with E-state index in [4.69, 9.17) is 34.7 Å². The van der Waals surface area contributed by atoms with Gasteiger partial charge in [-0.25, -0.2) is 0 Å². The molecule has 0 bridgehead atoms. The molecule has 1 saturated carbocycles. The molecule has 4 N–H and O–H groups in total. The molecule has 0 aromatic carbocycles. The zero-order valence-electron chi connectivity index (χ0n) is 5.93. The molecule has 1 rings (SSSR count). The normalized spacial score (nSPS) is 31.1. The summed E-state index contributed by atoms with van der Waals surface area (Å²) in [5, 5.41) is 0.353. The maximum Gasteiger partial charge on any atom is 0 e. The molecule has 0 amide bonds. The molecule has 0 saturated heterocycles. The van der Waals surface area contributed by atoms with E-state index >= 15 is 0 Å². The minimum absolute atomic E-state index is 0. The van der Waals surface area contributed by atoms with Crippen molar-refractivity contribution < 1.29 is 21.1 Å². The fourth-order valence-electron chi connectivity index (χ4n) is 1.11. The van der Waals surface area contributed by atoms with Crippen LogP contribution < -0.4 is 11.5 Å². The van der Waals surface area contributed by atoms with Crippen molar-refractivity contribution in [3.63, 3.8) is 0 Å². The van der Waals surface area contributed by atoms with Gasteiger partial charge in [0, 0.05) is 21.1 Å². The van der Waals surface area contributed by atoms with Gasteiger partial charge >= 0.3 is 0 Å². The zero-order chi connectivity index (χ0) is 7.78. The van der Waals surface area contributed by atoms with E-state index in [9.17, 15) is 0 Å². The average Bonchev–Trinajstić information content (AvgIpc) is 1.83. The van der Waals surface area contributed by atoms with Crippen LogP contribution >= 0.6 is 23.2 Å². The zero-order valence-corrected chi connectivity index (χ0v) is 9.71. The van der Waals surface area contributed by atoms with E-state index in [0.717, 1.165) is 19.3 Å². The van der Waals surface area contributed by atoms with Crippen LogP contribution in [0.2, 0.25) is 0 Å². The first kappa shape index (κ1) is 12.2. The molecule has 0 heterocycles. The van der Waals surface area contributed by atoms with Gasteiger partial charge in [-0.1, -0.05) is 18.2 Å². The molecule has 0 spiro atoms.